The molecule has 5 rings (SSSR count). The lowest BCUT2D eigenvalue weighted by Crippen LogP contribution is -2.32. The van der Waals surface area contributed by atoms with Gasteiger partial charge in [-0.25, -0.2) is 14.3 Å². The van der Waals surface area contributed by atoms with E-state index in [1.54, 1.807) is 24.4 Å². The number of aromatic nitrogens is 2. The number of nitrogens with zero attached hydrogens (tertiary/aromatic N) is 3. The van der Waals surface area contributed by atoms with Crippen molar-refractivity contribution in [3.05, 3.63) is 77.6 Å². The number of carbonyl (C=O) groups is 1. The summed E-state index contributed by atoms with van der Waals surface area (Å²) in [7, 11) is 0. The summed E-state index contributed by atoms with van der Waals surface area (Å²) in [5, 5.41) is 21.1. The van der Waals surface area contributed by atoms with Crippen LogP contribution < -0.4 is 16.4 Å². The van der Waals surface area contributed by atoms with Gasteiger partial charge in [-0.3, -0.25) is 0 Å². The van der Waals surface area contributed by atoms with Gasteiger partial charge in [-0.05, 0) is 74.6 Å². The maximum atomic E-state index is 12.3. The molecule has 10 nitrogen and oxygen atoms in total. The number of anilines is 1. The van der Waals surface area contributed by atoms with Crippen molar-refractivity contribution in [1.82, 2.24) is 14.9 Å². The number of hydrogen-bond acceptors (Lipinski definition) is 7. The number of aromatic hydroxyl groups is 1. The van der Waals surface area contributed by atoms with Crippen LogP contribution in [0.15, 0.2) is 65.9 Å². The lowest BCUT2D eigenvalue weighted by atomic mass is 10.0. The van der Waals surface area contributed by atoms with Crippen molar-refractivity contribution in [2.24, 2.45) is 10.7 Å². The van der Waals surface area contributed by atoms with E-state index in [0.717, 1.165) is 39.9 Å². The van der Waals surface area contributed by atoms with Crippen LogP contribution in [0.5, 0.6) is 5.75 Å². The van der Waals surface area contributed by atoms with Crippen LogP contribution in [0, 0.1) is 0 Å². The molecule has 1 aliphatic rings. The molecule has 0 unspecified atom stereocenters. The second kappa shape index (κ2) is 12.1. The first kappa shape index (κ1) is 28.9. The van der Waals surface area contributed by atoms with Crippen LogP contribution in [0.1, 0.15) is 50.8 Å². The van der Waals surface area contributed by atoms with E-state index in [2.05, 4.69) is 21.8 Å². The predicted octanol–water partition coefficient (Wildman–Crippen LogP) is 5.53. The summed E-state index contributed by atoms with van der Waals surface area (Å²) in [6.45, 7) is 9.11. The van der Waals surface area contributed by atoms with E-state index >= 15 is 0 Å². The van der Waals surface area contributed by atoms with Crippen LogP contribution in [0.2, 0.25) is 0 Å². The number of nitrogens with one attached hydrogen (secondary N) is 2. The van der Waals surface area contributed by atoms with Crippen LogP contribution in [0.3, 0.4) is 0 Å². The summed E-state index contributed by atoms with van der Waals surface area (Å²) >= 11 is 0. The van der Waals surface area contributed by atoms with Crippen molar-refractivity contribution in [3.8, 4) is 16.9 Å². The van der Waals surface area contributed by atoms with Gasteiger partial charge in [0.25, 0.3) is 0 Å². The van der Waals surface area contributed by atoms with Crippen LogP contribution in [0.25, 0.3) is 16.6 Å². The number of aliphatic imine (C=N–C) groups is 1. The molecule has 42 heavy (non-hydrogen) atoms. The zero-order valence-electron chi connectivity index (χ0n) is 24.5. The minimum atomic E-state index is -0.577. The maximum Gasteiger partial charge on any atom is 0.407 e. The van der Waals surface area contributed by atoms with Crippen molar-refractivity contribution >= 4 is 28.8 Å². The molecule has 0 saturated carbocycles. The molecule has 2 aromatic heterocycles. The van der Waals surface area contributed by atoms with Gasteiger partial charge in [0.1, 0.15) is 17.2 Å². The van der Waals surface area contributed by atoms with E-state index in [9.17, 15) is 9.90 Å². The van der Waals surface area contributed by atoms with Gasteiger partial charge in [0, 0.05) is 24.9 Å². The third-order valence-electron chi connectivity index (χ3n) is 7.03. The Morgan fingerprint density at radius 2 is 2.02 bits per heavy atom. The quantitative estimate of drug-likeness (QED) is 0.162. The number of carbonyl (C=O) groups excluding carboxylic acids is 1. The standard InChI is InChI=1S/C32H38N6O4/c1-5-20-14-24(39)10-11-27(20)37-30(33)26-17-35-38-18-22(15-28(38)29(26)36-23-12-13-41-19-23)25-9-7-6-8-21(25)16-34-31(40)42-32(2,3)4/h6-11,14-15,17-18,23,36,39H,5,12-13,16,19H2,1-4H3,(H2,33,37)(H,34,40)/t23-/m0/s1. The molecule has 0 radical (unpaired) electrons. The van der Waals surface area contributed by atoms with Gasteiger partial charge in [-0.1, -0.05) is 31.2 Å². The lowest BCUT2D eigenvalue weighted by molar-refractivity contribution is 0.0523. The molecule has 0 bridgehead atoms. The molecule has 1 fully saturated rings. The highest BCUT2D eigenvalue weighted by Crippen LogP contribution is 2.32. The third-order valence-corrected chi connectivity index (χ3v) is 7.03. The molecule has 5 N–H and O–H groups in total. The number of aryl methyl sites for hydroxylation is 1. The highest BCUT2D eigenvalue weighted by atomic mass is 16.6. The first-order chi connectivity index (χ1) is 20.1. The summed E-state index contributed by atoms with van der Waals surface area (Å²) in [5.74, 6) is 0.509. The molecule has 1 atom stereocenters. The van der Waals surface area contributed by atoms with Crippen molar-refractivity contribution in [2.75, 3.05) is 18.5 Å². The lowest BCUT2D eigenvalue weighted by Gasteiger charge is -2.20. The molecule has 4 aromatic rings. The second-order valence-corrected chi connectivity index (χ2v) is 11.4. The number of amidine groups is 1. The predicted molar refractivity (Wildman–Crippen MR) is 164 cm³/mol. The van der Waals surface area contributed by atoms with E-state index < -0.39 is 11.7 Å². The fourth-order valence-corrected chi connectivity index (χ4v) is 4.99. The Kier molecular flexibility index (Phi) is 8.35. The zero-order valence-corrected chi connectivity index (χ0v) is 24.5. The van der Waals surface area contributed by atoms with Crippen LogP contribution in [-0.4, -0.2) is 51.5 Å². The molecule has 3 heterocycles. The first-order valence-corrected chi connectivity index (χ1v) is 14.2. The molecule has 1 amide bonds. The summed E-state index contributed by atoms with van der Waals surface area (Å²) in [4.78, 5) is 17.1. The molecule has 0 spiro atoms. The smallest absolute Gasteiger partial charge is 0.407 e. The fraction of sp³-hybridized carbons (Fsp3) is 0.344. The van der Waals surface area contributed by atoms with E-state index in [0.29, 0.717) is 43.3 Å². The Labute approximate surface area is 245 Å². The highest BCUT2D eigenvalue weighted by Gasteiger charge is 2.22. The number of fused-ring (bicyclic) bond motifs is 1. The van der Waals surface area contributed by atoms with E-state index in [1.165, 1.54) is 0 Å². The fourth-order valence-electron chi connectivity index (χ4n) is 4.99. The van der Waals surface area contributed by atoms with Gasteiger partial charge in [-0.15, -0.1) is 0 Å². The Morgan fingerprint density at radius 3 is 2.76 bits per heavy atom. The van der Waals surface area contributed by atoms with E-state index in [-0.39, 0.29) is 11.8 Å². The average molecular weight is 571 g/mol. The van der Waals surface area contributed by atoms with Gasteiger partial charge in [-0.2, -0.15) is 5.10 Å². The monoisotopic (exact) mass is 570 g/mol. The number of alkyl carbamates (subject to hydrolysis) is 1. The summed E-state index contributed by atoms with van der Waals surface area (Å²) in [6.07, 6.45) is 4.79. The van der Waals surface area contributed by atoms with Gasteiger partial charge < -0.3 is 30.9 Å². The molecular formula is C32H38N6O4. The third kappa shape index (κ3) is 6.66. The Balaban J connectivity index is 1.53. The summed E-state index contributed by atoms with van der Waals surface area (Å²) in [6, 6.07) is 15.2. The van der Waals surface area contributed by atoms with Crippen molar-refractivity contribution in [3.63, 3.8) is 0 Å². The van der Waals surface area contributed by atoms with Gasteiger partial charge in [0.2, 0.25) is 0 Å². The summed E-state index contributed by atoms with van der Waals surface area (Å²) < 4.78 is 12.9. The van der Waals surface area contributed by atoms with Crippen molar-refractivity contribution in [2.45, 2.75) is 58.7 Å². The number of amides is 1. The van der Waals surface area contributed by atoms with E-state index in [4.69, 9.17) is 20.2 Å². The first-order valence-electron chi connectivity index (χ1n) is 14.2. The van der Waals surface area contributed by atoms with Crippen LogP contribution in [-0.2, 0) is 22.4 Å². The Morgan fingerprint density at radius 1 is 1.21 bits per heavy atom. The second-order valence-electron chi connectivity index (χ2n) is 11.4. The number of phenolic OH excluding ortho intramolecular Hbond substituents is 1. The topological polar surface area (TPSA) is 136 Å². The molecule has 1 aliphatic heterocycles. The SMILES string of the molecule is CCc1cc(O)ccc1N=C(N)c1cnn2cc(-c3ccccc3CNC(=O)OC(C)(C)C)cc2c1N[C@H]1CCOC1. The molecule has 10 heteroatoms. The summed E-state index contributed by atoms with van der Waals surface area (Å²) in [5.41, 5.74) is 12.8. The largest absolute Gasteiger partial charge is 0.508 e. The number of rotatable bonds is 8. The maximum absolute atomic E-state index is 12.3. The minimum absolute atomic E-state index is 0.117. The Hall–Kier alpha value is -4.57. The molecule has 1 saturated heterocycles. The number of nitrogens with two attached hydrogens (primary N) is 1. The molecule has 2 aromatic carbocycles. The normalized spacial score (nSPS) is 15.6. The van der Waals surface area contributed by atoms with Crippen molar-refractivity contribution in [1.29, 1.82) is 0 Å². The number of phenols is 1. The minimum Gasteiger partial charge on any atom is -0.508 e. The van der Waals surface area contributed by atoms with Gasteiger partial charge in [0.05, 0.1) is 41.3 Å². The van der Waals surface area contributed by atoms with Crippen LogP contribution in [0.4, 0.5) is 16.2 Å². The molecule has 220 valence electrons. The van der Waals surface area contributed by atoms with Crippen LogP contribution >= 0.6 is 0 Å². The molecular weight excluding hydrogens is 532 g/mol. The highest BCUT2D eigenvalue weighted by molar-refractivity contribution is 6.06. The average Bonchev–Trinajstić information content (AvgIpc) is 3.62. The van der Waals surface area contributed by atoms with Gasteiger partial charge in [0.15, 0.2) is 0 Å². The van der Waals surface area contributed by atoms with E-state index in [1.807, 2.05) is 62.7 Å². The van der Waals surface area contributed by atoms with Crippen molar-refractivity contribution < 1.29 is 19.4 Å². The number of benzene rings is 2. The number of ether oxygens (including phenoxy) is 2. The zero-order chi connectivity index (χ0) is 29.9. The number of hydrogen-bond donors (Lipinski definition) is 4. The Bertz CT molecular complexity index is 1620. The molecule has 0 aliphatic carbocycles. The van der Waals surface area contributed by atoms with Gasteiger partial charge >= 0.3 is 6.09 Å².